The first kappa shape index (κ1) is 15.8. The molecule has 0 radical (unpaired) electrons. The van der Waals surface area contributed by atoms with Crippen LogP contribution in [0.25, 0.3) is 65.6 Å². The fourth-order valence-electron chi connectivity index (χ4n) is 4.76. The van der Waals surface area contributed by atoms with Crippen molar-refractivity contribution in [3.8, 4) is 11.1 Å². The van der Waals surface area contributed by atoms with Crippen molar-refractivity contribution in [2.45, 2.75) is 0 Å². The highest BCUT2D eigenvalue weighted by atomic mass is 16.3. The highest BCUT2D eigenvalue weighted by molar-refractivity contribution is 6.20. The fraction of sp³-hybridized carbons (Fsp3) is 0. The molecule has 1 N–H and O–H groups in total. The summed E-state index contributed by atoms with van der Waals surface area (Å²) in [5.74, 6) is 0. The molecule has 0 saturated heterocycles. The molecule has 5 aromatic carbocycles. The summed E-state index contributed by atoms with van der Waals surface area (Å²) >= 11 is 0. The summed E-state index contributed by atoms with van der Waals surface area (Å²) in [5, 5.41) is 7.41. The Morgan fingerprint density at radius 1 is 0.500 bits per heavy atom. The SMILES string of the molecule is c1ccc2c(c1)ccc1[nH]c3ccc(-c4ccc5c(c4)oc4ccccc45)cc3c12. The summed E-state index contributed by atoms with van der Waals surface area (Å²) in [7, 11) is 0. The zero-order chi connectivity index (χ0) is 19.7. The maximum Gasteiger partial charge on any atom is 0.136 e. The molecule has 30 heavy (non-hydrogen) atoms. The van der Waals surface area contributed by atoms with Gasteiger partial charge in [-0.25, -0.2) is 0 Å². The zero-order valence-electron chi connectivity index (χ0n) is 16.1. The molecule has 2 heterocycles. The van der Waals surface area contributed by atoms with Crippen molar-refractivity contribution in [3.63, 3.8) is 0 Å². The summed E-state index contributed by atoms with van der Waals surface area (Å²) in [6.45, 7) is 0. The number of aromatic nitrogens is 1. The third kappa shape index (κ3) is 2.13. The molecule has 0 spiro atoms. The van der Waals surface area contributed by atoms with E-state index in [1.54, 1.807) is 0 Å². The maximum absolute atomic E-state index is 6.11. The van der Waals surface area contributed by atoms with Crippen molar-refractivity contribution in [3.05, 3.63) is 97.1 Å². The normalized spacial score (nSPS) is 12.0. The van der Waals surface area contributed by atoms with Gasteiger partial charge in [0, 0.05) is 32.6 Å². The molecule has 140 valence electrons. The molecular weight excluding hydrogens is 366 g/mol. The first-order chi connectivity index (χ1) is 14.8. The average molecular weight is 383 g/mol. The van der Waals surface area contributed by atoms with Crippen LogP contribution < -0.4 is 0 Å². The van der Waals surface area contributed by atoms with Crippen LogP contribution in [0.2, 0.25) is 0 Å². The van der Waals surface area contributed by atoms with Gasteiger partial charge in [0.15, 0.2) is 0 Å². The third-order valence-corrected chi connectivity index (χ3v) is 6.20. The fourth-order valence-corrected chi connectivity index (χ4v) is 4.76. The minimum absolute atomic E-state index is 0.929. The van der Waals surface area contributed by atoms with Crippen LogP contribution in [0.1, 0.15) is 0 Å². The quantitative estimate of drug-likeness (QED) is 0.305. The maximum atomic E-state index is 6.11. The molecule has 0 fully saturated rings. The largest absolute Gasteiger partial charge is 0.456 e. The molecule has 0 bridgehead atoms. The monoisotopic (exact) mass is 383 g/mol. The lowest BCUT2D eigenvalue weighted by atomic mass is 9.99. The van der Waals surface area contributed by atoms with Crippen LogP contribution in [0.5, 0.6) is 0 Å². The number of H-pyrrole nitrogens is 1. The number of nitrogens with one attached hydrogen (secondary N) is 1. The van der Waals surface area contributed by atoms with E-state index >= 15 is 0 Å². The standard InChI is InChI=1S/C28H17NO/c1-2-6-20-17(5-1)10-14-25-28(20)23-15-18(11-13-24(23)29-25)19-9-12-22-21-7-3-4-8-26(21)30-27(22)16-19/h1-16,29H. The van der Waals surface area contributed by atoms with Crippen molar-refractivity contribution in [1.29, 1.82) is 0 Å². The van der Waals surface area contributed by atoms with E-state index in [1.165, 1.54) is 32.6 Å². The number of fused-ring (bicyclic) bond motifs is 8. The van der Waals surface area contributed by atoms with Crippen molar-refractivity contribution in [2.24, 2.45) is 0 Å². The number of furan rings is 1. The van der Waals surface area contributed by atoms with Crippen molar-refractivity contribution in [1.82, 2.24) is 4.98 Å². The van der Waals surface area contributed by atoms with Gasteiger partial charge in [-0.05, 0) is 58.3 Å². The second-order valence-electron chi connectivity index (χ2n) is 7.90. The Bertz CT molecular complexity index is 1750. The van der Waals surface area contributed by atoms with Crippen LogP contribution in [0.3, 0.4) is 0 Å². The molecule has 2 heteroatoms. The lowest BCUT2D eigenvalue weighted by molar-refractivity contribution is 0.669. The molecule has 0 saturated carbocycles. The summed E-state index contributed by atoms with van der Waals surface area (Å²) < 4.78 is 6.11. The van der Waals surface area contributed by atoms with Gasteiger partial charge in [-0.2, -0.15) is 0 Å². The molecule has 0 unspecified atom stereocenters. The van der Waals surface area contributed by atoms with E-state index in [0.29, 0.717) is 0 Å². The summed E-state index contributed by atoms with van der Waals surface area (Å²) in [5.41, 5.74) is 6.56. The topological polar surface area (TPSA) is 28.9 Å². The number of hydrogen-bond acceptors (Lipinski definition) is 1. The Hall–Kier alpha value is -4.04. The second-order valence-corrected chi connectivity index (χ2v) is 7.90. The molecule has 0 aliphatic heterocycles. The summed E-state index contributed by atoms with van der Waals surface area (Å²) in [4.78, 5) is 3.58. The Morgan fingerprint density at radius 2 is 1.23 bits per heavy atom. The van der Waals surface area contributed by atoms with Gasteiger partial charge in [0.05, 0.1) is 0 Å². The minimum atomic E-state index is 0.929. The van der Waals surface area contributed by atoms with E-state index in [-0.39, 0.29) is 0 Å². The molecule has 7 aromatic rings. The van der Waals surface area contributed by atoms with Crippen LogP contribution in [-0.4, -0.2) is 4.98 Å². The second kappa shape index (κ2) is 5.74. The highest BCUT2D eigenvalue weighted by Gasteiger charge is 2.11. The van der Waals surface area contributed by atoms with E-state index in [9.17, 15) is 0 Å². The first-order valence-electron chi connectivity index (χ1n) is 10.2. The molecule has 2 nitrogen and oxygen atoms in total. The Labute approximate surface area is 172 Å². The zero-order valence-corrected chi connectivity index (χ0v) is 16.1. The van der Waals surface area contributed by atoms with Crippen LogP contribution in [0.4, 0.5) is 0 Å². The molecule has 0 aliphatic rings. The van der Waals surface area contributed by atoms with Crippen molar-refractivity contribution >= 4 is 54.5 Å². The van der Waals surface area contributed by atoms with Gasteiger partial charge >= 0.3 is 0 Å². The number of para-hydroxylation sites is 1. The Morgan fingerprint density at radius 3 is 2.20 bits per heavy atom. The molecular formula is C28H17NO. The number of hydrogen-bond donors (Lipinski definition) is 1. The van der Waals surface area contributed by atoms with Crippen molar-refractivity contribution in [2.75, 3.05) is 0 Å². The van der Waals surface area contributed by atoms with Gasteiger partial charge < -0.3 is 9.40 Å². The lowest BCUT2D eigenvalue weighted by Crippen LogP contribution is -1.79. The van der Waals surface area contributed by atoms with Gasteiger partial charge in [0.2, 0.25) is 0 Å². The van der Waals surface area contributed by atoms with E-state index in [0.717, 1.165) is 33.0 Å². The van der Waals surface area contributed by atoms with E-state index in [4.69, 9.17) is 4.42 Å². The van der Waals surface area contributed by atoms with Crippen LogP contribution in [0, 0.1) is 0 Å². The molecule has 0 amide bonds. The van der Waals surface area contributed by atoms with Gasteiger partial charge in [0.1, 0.15) is 11.2 Å². The minimum Gasteiger partial charge on any atom is -0.456 e. The van der Waals surface area contributed by atoms with E-state index in [1.807, 2.05) is 12.1 Å². The van der Waals surface area contributed by atoms with Gasteiger partial charge in [0.25, 0.3) is 0 Å². The van der Waals surface area contributed by atoms with Crippen molar-refractivity contribution < 1.29 is 4.42 Å². The Balaban J connectivity index is 1.50. The summed E-state index contributed by atoms with van der Waals surface area (Å²) in [6, 6.07) is 34.3. The van der Waals surface area contributed by atoms with Gasteiger partial charge in [-0.1, -0.05) is 60.7 Å². The number of rotatable bonds is 1. The van der Waals surface area contributed by atoms with E-state index < -0.39 is 0 Å². The van der Waals surface area contributed by atoms with Crippen LogP contribution in [0.15, 0.2) is 101 Å². The molecule has 0 atom stereocenters. The van der Waals surface area contributed by atoms with Gasteiger partial charge in [-0.3, -0.25) is 0 Å². The average Bonchev–Trinajstić information content (AvgIpc) is 3.36. The molecule has 2 aromatic heterocycles. The highest BCUT2D eigenvalue weighted by Crippen LogP contribution is 2.36. The Kier molecular flexibility index (Phi) is 3.03. The third-order valence-electron chi connectivity index (χ3n) is 6.20. The van der Waals surface area contributed by atoms with E-state index in [2.05, 4.69) is 89.9 Å². The number of benzene rings is 5. The van der Waals surface area contributed by atoms with Crippen LogP contribution >= 0.6 is 0 Å². The predicted molar refractivity (Wildman–Crippen MR) is 126 cm³/mol. The predicted octanol–water partition coefficient (Wildman–Crippen LogP) is 8.04. The summed E-state index contributed by atoms with van der Waals surface area (Å²) in [6.07, 6.45) is 0. The molecule has 0 aliphatic carbocycles. The molecule has 7 rings (SSSR count). The first-order valence-corrected chi connectivity index (χ1v) is 10.2. The smallest absolute Gasteiger partial charge is 0.136 e. The van der Waals surface area contributed by atoms with Crippen LogP contribution in [-0.2, 0) is 0 Å². The number of aromatic amines is 1. The lowest BCUT2D eigenvalue weighted by Gasteiger charge is -2.04. The van der Waals surface area contributed by atoms with Gasteiger partial charge in [-0.15, -0.1) is 0 Å².